The number of hydrogen-bond donors (Lipinski definition) is 1. The first kappa shape index (κ1) is 20.5. The molecular formula is C21H15N7O4S. The highest BCUT2D eigenvalue weighted by atomic mass is 32.1. The summed E-state index contributed by atoms with van der Waals surface area (Å²) in [6.07, 6.45) is 1.27. The van der Waals surface area contributed by atoms with Crippen molar-refractivity contribution in [1.82, 2.24) is 15.8 Å². The number of rotatable bonds is 5. The van der Waals surface area contributed by atoms with Gasteiger partial charge in [-0.1, -0.05) is 41.5 Å². The van der Waals surface area contributed by atoms with Gasteiger partial charge < -0.3 is 14.5 Å². The number of carbonyl (C=O) groups excluding carboxylic acids is 1. The summed E-state index contributed by atoms with van der Waals surface area (Å²) in [6, 6.07) is 16.6. The van der Waals surface area contributed by atoms with Crippen LogP contribution in [-0.2, 0) is 9.63 Å². The van der Waals surface area contributed by atoms with Crippen molar-refractivity contribution in [2.45, 2.75) is 6.92 Å². The molecule has 164 valence electrons. The molecule has 0 saturated carbocycles. The lowest BCUT2D eigenvalue weighted by Gasteiger charge is -2.14. The average Bonchev–Trinajstić information content (AvgIpc) is 3.54. The van der Waals surface area contributed by atoms with Gasteiger partial charge in [0.15, 0.2) is 17.3 Å². The van der Waals surface area contributed by atoms with Crippen molar-refractivity contribution in [2.24, 2.45) is 10.2 Å². The number of carbonyl (C=O) groups is 1. The summed E-state index contributed by atoms with van der Waals surface area (Å²) in [7, 11) is 0. The molecule has 1 saturated heterocycles. The lowest BCUT2D eigenvalue weighted by atomic mass is 10.2. The number of thiazole rings is 1. The summed E-state index contributed by atoms with van der Waals surface area (Å²) in [5.74, 6) is -1.22. The summed E-state index contributed by atoms with van der Waals surface area (Å²) in [4.78, 5) is 21.3. The molecule has 33 heavy (non-hydrogen) atoms. The van der Waals surface area contributed by atoms with E-state index < -0.39 is 11.9 Å². The van der Waals surface area contributed by atoms with Gasteiger partial charge in [0.1, 0.15) is 0 Å². The van der Waals surface area contributed by atoms with Crippen molar-refractivity contribution in [3.63, 3.8) is 0 Å². The number of aromatic nitrogens is 3. The van der Waals surface area contributed by atoms with E-state index in [0.29, 0.717) is 17.1 Å². The van der Waals surface area contributed by atoms with Crippen LogP contribution in [0.1, 0.15) is 5.56 Å². The first-order chi connectivity index (χ1) is 16.1. The van der Waals surface area contributed by atoms with Crippen molar-refractivity contribution in [3.8, 4) is 23.0 Å². The Morgan fingerprint density at radius 3 is 2.76 bits per heavy atom. The van der Waals surface area contributed by atoms with Crippen LogP contribution < -0.4 is 20.4 Å². The van der Waals surface area contributed by atoms with Gasteiger partial charge in [-0.3, -0.25) is 0 Å². The fourth-order valence-corrected chi connectivity index (χ4v) is 3.66. The molecule has 0 aliphatic carbocycles. The zero-order valence-corrected chi connectivity index (χ0v) is 17.9. The monoisotopic (exact) mass is 461 g/mol. The lowest BCUT2D eigenvalue weighted by Crippen LogP contribution is -2.34. The van der Waals surface area contributed by atoms with Crippen LogP contribution in [0.25, 0.3) is 17.1 Å². The van der Waals surface area contributed by atoms with E-state index in [0.717, 1.165) is 5.56 Å². The highest BCUT2D eigenvalue weighted by Gasteiger charge is 2.29. The first-order valence-electron chi connectivity index (χ1n) is 9.65. The predicted molar refractivity (Wildman–Crippen MR) is 114 cm³/mol. The maximum absolute atomic E-state index is 12.2. The van der Waals surface area contributed by atoms with E-state index in [1.807, 2.05) is 49.4 Å². The Morgan fingerprint density at radius 2 is 1.97 bits per heavy atom. The Bertz CT molecular complexity index is 1360. The molecule has 0 bridgehead atoms. The molecular weight excluding hydrogens is 446 g/mol. The van der Waals surface area contributed by atoms with E-state index in [1.54, 1.807) is 17.5 Å². The van der Waals surface area contributed by atoms with Gasteiger partial charge >= 0.3 is 5.97 Å². The molecule has 5 rings (SSSR count). The predicted octanol–water partition coefficient (Wildman–Crippen LogP) is 2.86. The largest absolute Gasteiger partial charge is 0.539 e. The Morgan fingerprint density at radius 1 is 1.18 bits per heavy atom. The molecule has 1 aliphatic rings. The molecule has 2 aromatic carbocycles. The van der Waals surface area contributed by atoms with Gasteiger partial charge in [0.05, 0.1) is 17.2 Å². The second-order valence-corrected chi connectivity index (χ2v) is 7.69. The molecule has 2 aromatic heterocycles. The molecule has 0 atom stereocenters. The number of para-hydroxylation sites is 1. The molecule has 0 amide bonds. The average molecular weight is 461 g/mol. The third-order valence-corrected chi connectivity index (χ3v) is 5.37. The molecule has 1 N–H and O–H groups in total. The van der Waals surface area contributed by atoms with E-state index in [-0.39, 0.29) is 16.5 Å². The fourth-order valence-electron chi connectivity index (χ4n) is 3.03. The van der Waals surface area contributed by atoms with E-state index in [9.17, 15) is 9.90 Å². The molecule has 0 radical (unpaired) electrons. The first-order valence-corrected chi connectivity index (χ1v) is 10.5. The molecule has 12 heteroatoms. The van der Waals surface area contributed by atoms with Crippen LogP contribution in [0.4, 0.5) is 10.8 Å². The van der Waals surface area contributed by atoms with Crippen LogP contribution in [0, 0.1) is 6.92 Å². The molecule has 4 aromatic rings. The zero-order chi connectivity index (χ0) is 22.8. The maximum Gasteiger partial charge on any atom is 0.378 e. The van der Waals surface area contributed by atoms with Gasteiger partial charge in [0.25, 0.3) is 5.69 Å². The van der Waals surface area contributed by atoms with Gasteiger partial charge in [-0.15, -0.1) is 16.5 Å². The van der Waals surface area contributed by atoms with Crippen molar-refractivity contribution in [3.05, 3.63) is 77.4 Å². The smallest absolute Gasteiger partial charge is 0.378 e. The second kappa shape index (κ2) is 8.61. The number of aryl methyl sites for hydroxylation is 1. The zero-order valence-electron chi connectivity index (χ0n) is 17.1. The molecule has 0 spiro atoms. The van der Waals surface area contributed by atoms with Crippen molar-refractivity contribution < 1.29 is 23.9 Å². The number of nitrogens with zero attached hydrogens (tertiary/aromatic N) is 6. The molecule has 11 nitrogen and oxygen atoms in total. The Kier molecular flexibility index (Phi) is 5.34. The fraction of sp³-hybridized carbons (Fsp3) is 0.0476. The van der Waals surface area contributed by atoms with Crippen LogP contribution in [0.5, 0.6) is 5.95 Å². The van der Waals surface area contributed by atoms with Gasteiger partial charge in [-0.05, 0) is 23.7 Å². The standard InChI is InChI=1S/C21H15N7O4S/c1-13-7-9-15(10-8-13)27-17(19(29)31-25-27)11-22-24-21-23-16(12-33-21)18-20(30)32-26-28(18)14-5-3-2-4-6-14/h2-12,25H,1H3/b17-11-,24-22?. The van der Waals surface area contributed by atoms with Crippen LogP contribution >= 0.6 is 11.3 Å². The van der Waals surface area contributed by atoms with Gasteiger partial charge in [0.2, 0.25) is 10.8 Å². The minimum atomic E-state index is -0.622. The normalized spacial score (nSPS) is 15.0. The topological polar surface area (TPSA) is 132 Å². The Balaban J connectivity index is 1.39. The third-order valence-electron chi connectivity index (χ3n) is 4.64. The molecule has 1 fully saturated rings. The van der Waals surface area contributed by atoms with E-state index in [4.69, 9.17) is 9.36 Å². The second-order valence-electron chi connectivity index (χ2n) is 6.85. The van der Waals surface area contributed by atoms with Crippen molar-refractivity contribution in [2.75, 3.05) is 5.01 Å². The molecule has 3 heterocycles. The number of benzene rings is 2. The van der Waals surface area contributed by atoms with Gasteiger partial charge in [-0.2, -0.15) is 5.11 Å². The highest BCUT2D eigenvalue weighted by molar-refractivity contribution is 7.13. The molecule has 1 aliphatic heterocycles. The Hall–Kier alpha value is -4.42. The number of nitrogens with one attached hydrogen (secondary N) is 1. The number of hydrazine groups is 1. The summed E-state index contributed by atoms with van der Waals surface area (Å²) < 4.78 is 6.20. The van der Waals surface area contributed by atoms with E-state index in [2.05, 4.69) is 26.1 Å². The number of azo groups is 1. The van der Waals surface area contributed by atoms with Crippen molar-refractivity contribution in [1.29, 1.82) is 0 Å². The maximum atomic E-state index is 12.2. The van der Waals surface area contributed by atoms with Crippen LogP contribution in [0.15, 0.2) is 86.6 Å². The summed E-state index contributed by atoms with van der Waals surface area (Å²) >= 11 is 1.17. The SMILES string of the molecule is Cc1ccc(N2NOC(=O)/C2=C/N=Nc2nc(-c3c([O-])on[n+]3-c3ccccc3)cs2)cc1. The van der Waals surface area contributed by atoms with Crippen LogP contribution in [0.3, 0.4) is 0 Å². The lowest BCUT2D eigenvalue weighted by molar-refractivity contribution is -0.660. The highest BCUT2D eigenvalue weighted by Crippen LogP contribution is 2.30. The summed E-state index contributed by atoms with van der Waals surface area (Å²) in [6.45, 7) is 1.97. The van der Waals surface area contributed by atoms with Gasteiger partial charge in [-0.25, -0.2) is 14.8 Å². The number of anilines is 1. The van der Waals surface area contributed by atoms with Crippen molar-refractivity contribution >= 4 is 28.1 Å². The third kappa shape index (κ3) is 4.07. The van der Waals surface area contributed by atoms with E-state index in [1.165, 1.54) is 27.2 Å². The van der Waals surface area contributed by atoms with Gasteiger partial charge in [0, 0.05) is 17.5 Å². The number of hydrogen-bond acceptors (Lipinski definition) is 11. The quantitative estimate of drug-likeness (QED) is 0.273. The Labute approximate surface area is 190 Å². The molecule has 0 unspecified atom stereocenters. The summed E-state index contributed by atoms with van der Waals surface area (Å²) in [5.41, 5.74) is 5.65. The summed E-state index contributed by atoms with van der Waals surface area (Å²) in [5, 5.41) is 27.4. The van der Waals surface area contributed by atoms with Crippen LogP contribution in [-0.4, -0.2) is 16.2 Å². The minimum absolute atomic E-state index is 0.155. The van der Waals surface area contributed by atoms with Crippen LogP contribution in [0.2, 0.25) is 0 Å². The van der Waals surface area contributed by atoms with E-state index >= 15 is 0 Å². The minimum Gasteiger partial charge on any atom is -0.539 e.